The van der Waals surface area contributed by atoms with Gasteiger partial charge in [-0.15, -0.1) is 0 Å². The lowest BCUT2D eigenvalue weighted by Crippen LogP contribution is -2.32. The molecule has 0 bridgehead atoms. The summed E-state index contributed by atoms with van der Waals surface area (Å²) in [6, 6.07) is 0. The lowest BCUT2D eigenvalue weighted by atomic mass is 10.3. The van der Waals surface area contributed by atoms with Crippen molar-refractivity contribution in [1.82, 2.24) is 5.32 Å². The van der Waals surface area contributed by atoms with E-state index in [9.17, 15) is 14.4 Å². The molecule has 0 aromatic heterocycles. The number of esters is 1. The zero-order valence-corrected chi connectivity index (χ0v) is 8.46. The quantitative estimate of drug-likeness (QED) is 0.486. The van der Waals surface area contributed by atoms with Crippen molar-refractivity contribution in [3.63, 3.8) is 0 Å². The Morgan fingerprint density at radius 3 is 2.36 bits per heavy atom. The van der Waals surface area contributed by atoms with Crippen LogP contribution in [0, 0.1) is 0 Å². The van der Waals surface area contributed by atoms with Gasteiger partial charge in [-0.05, 0) is 6.92 Å². The first kappa shape index (κ1) is 12.6. The molecule has 0 spiro atoms. The molecule has 80 valence electrons. The summed E-state index contributed by atoms with van der Waals surface area (Å²) in [5, 5.41) is 2.33. The number of amides is 1. The molecule has 0 aromatic carbocycles. The van der Waals surface area contributed by atoms with Gasteiger partial charge in [-0.3, -0.25) is 14.4 Å². The minimum atomic E-state index is -0.642. The fourth-order valence-corrected chi connectivity index (χ4v) is 0.770. The van der Waals surface area contributed by atoms with Crippen LogP contribution in [0.15, 0.2) is 0 Å². The molecular formula is C9H15NO4. The van der Waals surface area contributed by atoms with Crippen LogP contribution in [0.4, 0.5) is 0 Å². The van der Waals surface area contributed by atoms with Crippen LogP contribution in [0.2, 0.25) is 0 Å². The third kappa shape index (κ3) is 5.29. The zero-order chi connectivity index (χ0) is 11.0. The van der Waals surface area contributed by atoms with Crippen molar-refractivity contribution in [1.29, 1.82) is 0 Å². The van der Waals surface area contributed by atoms with E-state index in [4.69, 9.17) is 0 Å². The third-order valence-electron chi connectivity index (χ3n) is 1.49. The maximum atomic E-state index is 10.9. The van der Waals surface area contributed by atoms with E-state index in [1.165, 1.54) is 0 Å². The summed E-state index contributed by atoms with van der Waals surface area (Å²) in [4.78, 5) is 32.5. The van der Waals surface area contributed by atoms with E-state index in [2.05, 4.69) is 10.1 Å². The van der Waals surface area contributed by atoms with E-state index < -0.39 is 11.7 Å². The molecule has 0 heterocycles. The Labute approximate surface area is 82.8 Å². The number of carbonyl (C=O) groups excluding carboxylic acids is 3. The van der Waals surface area contributed by atoms with Crippen LogP contribution in [0.3, 0.4) is 0 Å². The summed E-state index contributed by atoms with van der Waals surface area (Å²) >= 11 is 0. The van der Waals surface area contributed by atoms with Gasteiger partial charge in [-0.2, -0.15) is 0 Å². The molecule has 1 amide bonds. The molecular weight excluding hydrogens is 186 g/mol. The average Bonchev–Trinajstić information content (AvgIpc) is 2.16. The number of nitrogens with one attached hydrogen (secondary N) is 1. The Kier molecular flexibility index (Phi) is 6.36. The zero-order valence-electron chi connectivity index (χ0n) is 8.46. The number of hydrogen-bond acceptors (Lipinski definition) is 4. The highest BCUT2D eigenvalue weighted by Gasteiger charge is 2.10. The normalized spacial score (nSPS) is 9.29. The van der Waals surface area contributed by atoms with Gasteiger partial charge in [0.25, 0.3) is 5.91 Å². The monoisotopic (exact) mass is 201 g/mol. The van der Waals surface area contributed by atoms with E-state index in [-0.39, 0.29) is 25.4 Å². The van der Waals surface area contributed by atoms with E-state index in [1.807, 2.05) is 0 Å². The highest BCUT2D eigenvalue weighted by atomic mass is 16.5. The Morgan fingerprint density at radius 1 is 1.21 bits per heavy atom. The first-order chi connectivity index (χ1) is 6.61. The predicted molar refractivity (Wildman–Crippen MR) is 49.6 cm³/mol. The van der Waals surface area contributed by atoms with Gasteiger partial charge in [-0.25, -0.2) is 0 Å². The first-order valence-corrected chi connectivity index (χ1v) is 4.58. The molecule has 0 rings (SSSR count). The van der Waals surface area contributed by atoms with Crippen molar-refractivity contribution in [2.45, 2.75) is 26.7 Å². The molecule has 0 radical (unpaired) electrons. The van der Waals surface area contributed by atoms with Crippen LogP contribution in [-0.2, 0) is 19.1 Å². The predicted octanol–water partition coefficient (Wildman–Crippen LogP) is 0.0349. The molecule has 0 atom stereocenters. The fraction of sp³-hybridized carbons (Fsp3) is 0.667. The van der Waals surface area contributed by atoms with Crippen LogP contribution >= 0.6 is 0 Å². The third-order valence-corrected chi connectivity index (χ3v) is 1.49. The van der Waals surface area contributed by atoms with Gasteiger partial charge in [0.1, 0.15) is 0 Å². The molecule has 0 aliphatic carbocycles. The molecule has 0 unspecified atom stereocenters. The summed E-state index contributed by atoms with van der Waals surface area (Å²) in [5.41, 5.74) is 0. The van der Waals surface area contributed by atoms with Gasteiger partial charge in [0.05, 0.1) is 13.0 Å². The van der Waals surface area contributed by atoms with Crippen LogP contribution in [0.5, 0.6) is 0 Å². The Morgan fingerprint density at radius 2 is 1.86 bits per heavy atom. The first-order valence-electron chi connectivity index (χ1n) is 4.58. The molecule has 0 saturated heterocycles. The smallest absolute Gasteiger partial charge is 0.307 e. The van der Waals surface area contributed by atoms with Crippen LogP contribution in [-0.4, -0.2) is 30.8 Å². The van der Waals surface area contributed by atoms with Crippen molar-refractivity contribution < 1.29 is 19.1 Å². The summed E-state index contributed by atoms with van der Waals surface area (Å²) in [6.45, 7) is 3.77. The summed E-state index contributed by atoms with van der Waals surface area (Å²) in [6.07, 6.45) is 0.266. The lowest BCUT2D eigenvalue weighted by Gasteiger charge is -2.03. The SMILES string of the molecule is CCOC(=O)CCNC(=O)C(=O)CC. The maximum Gasteiger partial charge on any atom is 0.307 e. The topological polar surface area (TPSA) is 72.5 Å². The largest absolute Gasteiger partial charge is 0.466 e. The fourth-order valence-electron chi connectivity index (χ4n) is 0.770. The van der Waals surface area contributed by atoms with Crippen LogP contribution < -0.4 is 5.32 Å². The molecule has 0 aromatic rings. The van der Waals surface area contributed by atoms with Gasteiger partial charge < -0.3 is 10.1 Å². The number of carbonyl (C=O) groups is 3. The number of ketones is 1. The molecule has 0 aliphatic rings. The highest BCUT2D eigenvalue weighted by molar-refractivity contribution is 6.36. The van der Waals surface area contributed by atoms with Gasteiger partial charge >= 0.3 is 5.97 Å². The van der Waals surface area contributed by atoms with Crippen molar-refractivity contribution in [2.24, 2.45) is 0 Å². The number of hydrogen-bond donors (Lipinski definition) is 1. The van der Waals surface area contributed by atoms with Gasteiger partial charge in [0.2, 0.25) is 5.78 Å². The summed E-state index contributed by atoms with van der Waals surface area (Å²) in [7, 11) is 0. The van der Waals surface area contributed by atoms with E-state index in [1.54, 1.807) is 13.8 Å². The lowest BCUT2D eigenvalue weighted by molar-refractivity contribution is -0.143. The molecule has 0 aliphatic heterocycles. The Balaban J connectivity index is 3.59. The van der Waals surface area contributed by atoms with Crippen molar-refractivity contribution in [3.8, 4) is 0 Å². The van der Waals surface area contributed by atoms with E-state index in [0.717, 1.165) is 0 Å². The molecule has 1 N–H and O–H groups in total. The average molecular weight is 201 g/mol. The number of ether oxygens (including phenoxy) is 1. The van der Waals surface area contributed by atoms with Crippen molar-refractivity contribution in [2.75, 3.05) is 13.2 Å². The van der Waals surface area contributed by atoms with Gasteiger partial charge in [0, 0.05) is 13.0 Å². The minimum absolute atomic E-state index is 0.0938. The summed E-state index contributed by atoms with van der Waals surface area (Å²) < 4.78 is 4.64. The minimum Gasteiger partial charge on any atom is -0.466 e. The Hall–Kier alpha value is -1.39. The van der Waals surface area contributed by atoms with E-state index >= 15 is 0 Å². The molecule has 14 heavy (non-hydrogen) atoms. The number of Topliss-reactive ketones (excluding diaryl/α,β-unsaturated/α-hetero) is 1. The summed E-state index contributed by atoms with van der Waals surface area (Å²) in [5.74, 6) is -1.50. The second kappa shape index (κ2) is 7.06. The highest BCUT2D eigenvalue weighted by Crippen LogP contribution is 1.85. The second-order valence-electron chi connectivity index (χ2n) is 2.59. The number of rotatable bonds is 6. The second-order valence-corrected chi connectivity index (χ2v) is 2.59. The molecule has 5 nitrogen and oxygen atoms in total. The standard InChI is InChI=1S/C9H15NO4/c1-3-7(11)9(13)10-6-5-8(12)14-4-2/h3-6H2,1-2H3,(H,10,13). The van der Waals surface area contributed by atoms with E-state index in [0.29, 0.717) is 6.61 Å². The molecule has 0 fully saturated rings. The van der Waals surface area contributed by atoms with Gasteiger partial charge in [-0.1, -0.05) is 6.92 Å². The van der Waals surface area contributed by atoms with Gasteiger partial charge in [0.15, 0.2) is 0 Å². The maximum absolute atomic E-state index is 10.9. The Bertz CT molecular complexity index is 225. The molecule has 5 heteroatoms. The van der Waals surface area contributed by atoms with Crippen molar-refractivity contribution in [3.05, 3.63) is 0 Å². The van der Waals surface area contributed by atoms with Crippen LogP contribution in [0.25, 0.3) is 0 Å². The molecule has 0 saturated carbocycles. The van der Waals surface area contributed by atoms with Crippen molar-refractivity contribution >= 4 is 17.7 Å². The van der Waals surface area contributed by atoms with Crippen LogP contribution in [0.1, 0.15) is 26.7 Å².